The maximum absolute atomic E-state index is 12.6. The van der Waals surface area contributed by atoms with Crippen LogP contribution >= 0.6 is 7.82 Å². The van der Waals surface area contributed by atoms with E-state index in [0.29, 0.717) is 30.3 Å². The van der Waals surface area contributed by atoms with Crippen LogP contribution in [-0.4, -0.2) is 76.3 Å². The van der Waals surface area contributed by atoms with E-state index in [4.69, 9.17) is 18.5 Å². The molecule has 0 aromatic heterocycles. The lowest BCUT2D eigenvalue weighted by molar-refractivity contribution is -0.870. The van der Waals surface area contributed by atoms with Crippen molar-refractivity contribution in [3.63, 3.8) is 0 Å². The molecule has 0 aliphatic carbocycles. The fraction of sp³-hybridized carbons (Fsp3) is 0.763. The Morgan fingerprint density at radius 1 is 0.673 bits per heavy atom. The van der Waals surface area contributed by atoms with E-state index in [2.05, 4.69) is 31.2 Å². The maximum atomic E-state index is 12.6. The largest absolute Gasteiger partial charge is 0.756 e. The molecule has 0 aromatic rings. The molecule has 0 amide bonds. The number of carbonyl (C=O) groups is 3. The summed E-state index contributed by atoms with van der Waals surface area (Å²) in [5.74, 6) is -0.910. The molecule has 0 radical (unpaired) electrons. The first kappa shape index (κ1) is 46.9. The molecule has 1 unspecified atom stereocenters. The van der Waals surface area contributed by atoms with Crippen molar-refractivity contribution in [1.82, 2.24) is 0 Å². The minimum Gasteiger partial charge on any atom is -0.756 e. The van der Waals surface area contributed by atoms with Crippen molar-refractivity contribution in [3.8, 4) is 0 Å². The molecule has 10 nitrogen and oxygen atoms in total. The molecule has 0 aliphatic rings. The Balaban J connectivity index is 4.50. The van der Waals surface area contributed by atoms with Gasteiger partial charge in [-0.1, -0.05) is 94.7 Å². The van der Waals surface area contributed by atoms with E-state index in [0.717, 1.165) is 76.9 Å². The number of carbonyl (C=O) groups excluding carboxylic acids is 3. The highest BCUT2D eigenvalue weighted by Crippen LogP contribution is 2.38. The van der Waals surface area contributed by atoms with E-state index in [-0.39, 0.29) is 26.1 Å². The van der Waals surface area contributed by atoms with Crippen molar-refractivity contribution >= 4 is 26.0 Å². The van der Waals surface area contributed by atoms with Crippen LogP contribution in [0.3, 0.4) is 0 Å². The second kappa shape index (κ2) is 31.9. The van der Waals surface area contributed by atoms with Gasteiger partial charge in [-0.2, -0.15) is 0 Å². The van der Waals surface area contributed by atoms with Crippen LogP contribution in [0.25, 0.3) is 0 Å². The summed E-state index contributed by atoms with van der Waals surface area (Å²) in [7, 11) is 1.11. The van der Waals surface area contributed by atoms with Crippen molar-refractivity contribution in [3.05, 3.63) is 36.5 Å². The number of ether oxygens (including phenoxy) is 2. The van der Waals surface area contributed by atoms with Crippen LogP contribution in [0.15, 0.2) is 36.5 Å². The highest BCUT2D eigenvalue weighted by molar-refractivity contribution is 7.45. The van der Waals surface area contributed by atoms with Crippen LogP contribution in [0.5, 0.6) is 0 Å². The Bertz CT molecular complexity index is 975. The molecular weight excluding hydrogens is 645 g/mol. The molecule has 0 aromatic carbocycles. The van der Waals surface area contributed by atoms with Crippen molar-refractivity contribution in [2.75, 3.05) is 47.5 Å². The number of aldehydes is 1. The number of allylic oxidation sites excluding steroid dienone is 6. The molecule has 11 heteroatoms. The lowest BCUT2D eigenvalue weighted by Gasteiger charge is -2.28. The van der Waals surface area contributed by atoms with Crippen molar-refractivity contribution < 1.29 is 46.8 Å². The molecule has 2 atom stereocenters. The van der Waals surface area contributed by atoms with Gasteiger partial charge in [-0.15, -0.1) is 0 Å². The first-order chi connectivity index (χ1) is 23.5. The average molecular weight is 714 g/mol. The molecule has 0 bridgehead atoms. The Hall–Kier alpha value is -2.10. The number of phosphoric ester groups is 1. The third-order valence-electron chi connectivity index (χ3n) is 7.64. The first-order valence-corrected chi connectivity index (χ1v) is 20.1. The minimum absolute atomic E-state index is 0.0465. The molecule has 0 aliphatic heterocycles. The Labute approximate surface area is 297 Å². The van der Waals surface area contributed by atoms with Gasteiger partial charge in [0.25, 0.3) is 7.82 Å². The predicted molar refractivity (Wildman–Crippen MR) is 195 cm³/mol. The van der Waals surface area contributed by atoms with E-state index in [1.165, 1.54) is 25.7 Å². The molecule has 0 spiro atoms. The second-order valence-electron chi connectivity index (χ2n) is 13.5. The van der Waals surface area contributed by atoms with Gasteiger partial charge < -0.3 is 32.7 Å². The fourth-order valence-electron chi connectivity index (χ4n) is 4.67. The fourth-order valence-corrected chi connectivity index (χ4v) is 5.40. The summed E-state index contributed by atoms with van der Waals surface area (Å²) in [6.45, 7) is 1.85. The molecule has 0 fully saturated rings. The van der Waals surface area contributed by atoms with Gasteiger partial charge in [-0.25, -0.2) is 0 Å². The third kappa shape index (κ3) is 35.5. The number of hydrogen-bond acceptors (Lipinski definition) is 9. The average Bonchev–Trinajstić information content (AvgIpc) is 3.04. The lowest BCUT2D eigenvalue weighted by Crippen LogP contribution is -2.37. The summed E-state index contributed by atoms with van der Waals surface area (Å²) in [5.41, 5.74) is 0. The van der Waals surface area contributed by atoms with Gasteiger partial charge in [0.15, 0.2) is 6.10 Å². The zero-order valence-electron chi connectivity index (χ0n) is 31.2. The SMILES string of the molecule is CCCCCC/C=C\CCCCCCCC(=O)O[C@H](COC(=O)CCCCCC/C=C/C/C=C/CC=O)COP(=O)([O-])OCC[N+](C)(C)C. The van der Waals surface area contributed by atoms with Gasteiger partial charge in [-0.3, -0.25) is 14.2 Å². The number of quaternary nitrogens is 1. The standard InChI is InChI=1S/C38H68NO9P/c1-5-6-7-8-9-10-11-12-14-18-21-24-27-30-38(42)48-36(35-47-49(43,44)46-33-31-39(2,3)4)34-45-37(41)29-26-23-20-17-15-13-16-19-22-25-28-32-40/h10-11,13,16,22,25,32,36H,5-9,12,14-15,17-21,23-24,26-31,33-35H2,1-4H3/b11-10-,16-13+,25-22+/t36-/m1/s1. The van der Waals surface area contributed by atoms with Gasteiger partial charge in [0.2, 0.25) is 0 Å². The number of nitrogens with zero attached hydrogens (tertiary/aromatic N) is 1. The number of unbranched alkanes of at least 4 members (excludes halogenated alkanes) is 13. The molecule has 0 saturated heterocycles. The van der Waals surface area contributed by atoms with Crippen LogP contribution in [0.1, 0.15) is 135 Å². The summed E-state index contributed by atoms with van der Waals surface area (Å²) in [6.07, 6.45) is 30.8. The second-order valence-corrected chi connectivity index (χ2v) is 15.0. The zero-order valence-corrected chi connectivity index (χ0v) is 32.1. The topological polar surface area (TPSA) is 128 Å². The molecule has 0 rings (SSSR count). The predicted octanol–water partition coefficient (Wildman–Crippen LogP) is 8.34. The molecule has 0 N–H and O–H groups in total. The Kier molecular flexibility index (Phi) is 30.5. The van der Waals surface area contributed by atoms with Gasteiger partial charge in [0.1, 0.15) is 26.0 Å². The molecular formula is C38H68NO9P. The molecule has 0 saturated carbocycles. The van der Waals surface area contributed by atoms with E-state index in [9.17, 15) is 23.8 Å². The lowest BCUT2D eigenvalue weighted by atomic mass is 10.1. The van der Waals surface area contributed by atoms with E-state index >= 15 is 0 Å². The zero-order chi connectivity index (χ0) is 36.5. The van der Waals surface area contributed by atoms with Gasteiger partial charge in [0, 0.05) is 19.3 Å². The first-order valence-electron chi connectivity index (χ1n) is 18.6. The monoisotopic (exact) mass is 713 g/mol. The molecule has 49 heavy (non-hydrogen) atoms. The van der Waals surface area contributed by atoms with E-state index in [1.54, 1.807) is 0 Å². The summed E-state index contributed by atoms with van der Waals surface area (Å²) >= 11 is 0. The Morgan fingerprint density at radius 2 is 1.18 bits per heavy atom. The van der Waals surface area contributed by atoms with Crippen molar-refractivity contribution in [2.45, 2.75) is 141 Å². The van der Waals surface area contributed by atoms with Gasteiger partial charge in [-0.05, 0) is 57.8 Å². The summed E-state index contributed by atoms with van der Waals surface area (Å²) in [6, 6.07) is 0. The summed E-state index contributed by atoms with van der Waals surface area (Å²) in [5, 5.41) is 0. The normalized spacial score (nSPS) is 14.1. The van der Waals surface area contributed by atoms with Crippen LogP contribution < -0.4 is 4.89 Å². The van der Waals surface area contributed by atoms with Gasteiger partial charge in [0.05, 0.1) is 27.7 Å². The summed E-state index contributed by atoms with van der Waals surface area (Å²) in [4.78, 5) is 47.5. The van der Waals surface area contributed by atoms with Crippen molar-refractivity contribution in [1.29, 1.82) is 0 Å². The number of phosphoric acid groups is 1. The van der Waals surface area contributed by atoms with Crippen LogP contribution in [0.4, 0.5) is 0 Å². The van der Waals surface area contributed by atoms with Gasteiger partial charge >= 0.3 is 11.9 Å². The highest BCUT2D eigenvalue weighted by Gasteiger charge is 2.21. The molecule has 0 heterocycles. The maximum Gasteiger partial charge on any atom is 0.306 e. The Morgan fingerprint density at radius 3 is 1.78 bits per heavy atom. The number of esters is 2. The highest BCUT2D eigenvalue weighted by atomic mass is 31.2. The molecule has 284 valence electrons. The van der Waals surface area contributed by atoms with E-state index in [1.807, 2.05) is 33.3 Å². The number of likely N-dealkylation sites (N-methyl/N-ethyl adjacent to an activating group) is 1. The van der Waals surface area contributed by atoms with Crippen LogP contribution in [-0.2, 0) is 37.5 Å². The third-order valence-corrected chi connectivity index (χ3v) is 8.60. The number of hydrogen-bond donors (Lipinski definition) is 0. The van der Waals surface area contributed by atoms with E-state index < -0.39 is 32.5 Å². The quantitative estimate of drug-likeness (QED) is 0.0161. The van der Waals surface area contributed by atoms with Crippen LogP contribution in [0.2, 0.25) is 0 Å². The smallest absolute Gasteiger partial charge is 0.306 e. The number of rotatable bonds is 34. The van der Waals surface area contributed by atoms with Crippen molar-refractivity contribution in [2.24, 2.45) is 0 Å². The minimum atomic E-state index is -4.63. The van der Waals surface area contributed by atoms with Crippen LogP contribution in [0, 0.1) is 0 Å². The summed E-state index contributed by atoms with van der Waals surface area (Å²) < 4.78 is 33.6.